The van der Waals surface area contributed by atoms with Crippen LogP contribution < -0.4 is 0 Å². The van der Waals surface area contributed by atoms with E-state index in [1.807, 2.05) is 23.1 Å². The van der Waals surface area contributed by atoms with Crippen LogP contribution in [0.1, 0.15) is 36.5 Å². The third-order valence-corrected chi connectivity index (χ3v) is 5.54. The number of hydrogen-bond acceptors (Lipinski definition) is 3. The van der Waals surface area contributed by atoms with E-state index in [-0.39, 0.29) is 17.9 Å². The third-order valence-electron chi connectivity index (χ3n) is 5.21. The van der Waals surface area contributed by atoms with E-state index >= 15 is 0 Å². The van der Waals surface area contributed by atoms with Crippen LogP contribution in [0, 0.1) is 5.41 Å². The number of benzene rings is 1. The van der Waals surface area contributed by atoms with Gasteiger partial charge in [-0.2, -0.15) is 5.10 Å². The van der Waals surface area contributed by atoms with Gasteiger partial charge in [-0.1, -0.05) is 36.7 Å². The van der Waals surface area contributed by atoms with Crippen molar-refractivity contribution in [3.63, 3.8) is 0 Å². The monoisotopic (exact) mass is 347 g/mol. The predicted molar refractivity (Wildman–Crippen MR) is 94.0 cm³/mol. The second-order valence-corrected chi connectivity index (χ2v) is 6.85. The van der Waals surface area contributed by atoms with Gasteiger partial charge < -0.3 is 10.0 Å². The number of piperidine rings is 1. The van der Waals surface area contributed by atoms with Crippen molar-refractivity contribution in [3.8, 4) is 11.3 Å². The molecule has 0 saturated carbocycles. The van der Waals surface area contributed by atoms with E-state index in [0.717, 1.165) is 24.8 Å². The normalized spacial score (nSPS) is 17.0. The minimum atomic E-state index is -0.0429. The zero-order valence-electron chi connectivity index (χ0n) is 13.8. The molecule has 5 nitrogen and oxygen atoms in total. The van der Waals surface area contributed by atoms with Gasteiger partial charge in [-0.3, -0.25) is 9.89 Å². The van der Waals surface area contributed by atoms with Gasteiger partial charge in [0.1, 0.15) is 0 Å². The second kappa shape index (κ2) is 6.95. The number of aromatic nitrogens is 2. The number of carbonyl (C=O) groups excluding carboxylic acids is 1. The Morgan fingerprint density at radius 2 is 2.08 bits per heavy atom. The quantitative estimate of drug-likeness (QED) is 0.891. The van der Waals surface area contributed by atoms with Crippen molar-refractivity contribution in [1.82, 2.24) is 15.1 Å². The van der Waals surface area contributed by atoms with Crippen molar-refractivity contribution < 1.29 is 9.90 Å². The number of rotatable bonds is 4. The smallest absolute Gasteiger partial charge is 0.257 e. The number of aliphatic hydroxyl groups is 1. The molecule has 1 aromatic carbocycles. The molecule has 1 aromatic heterocycles. The summed E-state index contributed by atoms with van der Waals surface area (Å²) in [4.78, 5) is 14.8. The maximum Gasteiger partial charge on any atom is 0.257 e. The Kier molecular flexibility index (Phi) is 4.92. The Morgan fingerprint density at radius 3 is 2.71 bits per heavy atom. The number of halogens is 1. The number of likely N-dealkylation sites (tertiary alicyclic amines) is 1. The topological polar surface area (TPSA) is 69.2 Å². The molecule has 128 valence electrons. The lowest BCUT2D eigenvalue weighted by Gasteiger charge is -2.40. The van der Waals surface area contributed by atoms with Crippen LogP contribution in [0.25, 0.3) is 11.3 Å². The summed E-state index contributed by atoms with van der Waals surface area (Å²) in [7, 11) is 0. The van der Waals surface area contributed by atoms with E-state index in [1.165, 1.54) is 0 Å². The summed E-state index contributed by atoms with van der Waals surface area (Å²) in [6.45, 7) is 3.59. The summed E-state index contributed by atoms with van der Waals surface area (Å²) >= 11 is 6.25. The van der Waals surface area contributed by atoms with E-state index in [9.17, 15) is 9.90 Å². The molecule has 3 rings (SSSR count). The molecule has 0 spiro atoms. The molecule has 1 fully saturated rings. The fourth-order valence-corrected chi connectivity index (χ4v) is 3.53. The molecule has 1 saturated heterocycles. The average molecular weight is 348 g/mol. The van der Waals surface area contributed by atoms with Gasteiger partial charge in [0.2, 0.25) is 0 Å². The molecule has 2 heterocycles. The van der Waals surface area contributed by atoms with E-state index in [1.54, 1.807) is 12.3 Å². The van der Waals surface area contributed by atoms with Crippen molar-refractivity contribution in [2.45, 2.75) is 26.2 Å². The Morgan fingerprint density at radius 1 is 1.38 bits per heavy atom. The van der Waals surface area contributed by atoms with Crippen LogP contribution in [-0.4, -0.2) is 45.8 Å². The van der Waals surface area contributed by atoms with Crippen molar-refractivity contribution >= 4 is 17.5 Å². The first-order valence-electron chi connectivity index (χ1n) is 8.28. The SMILES string of the molecule is CCC1(CO)CCN(C(=O)c2cn[nH]c2-c2ccccc2Cl)CC1. The van der Waals surface area contributed by atoms with Gasteiger partial charge in [0.05, 0.1) is 17.5 Å². The maximum atomic E-state index is 12.9. The first-order chi connectivity index (χ1) is 11.6. The fraction of sp³-hybridized carbons (Fsp3) is 0.444. The molecule has 1 amide bonds. The van der Waals surface area contributed by atoms with Gasteiger partial charge in [-0.15, -0.1) is 0 Å². The van der Waals surface area contributed by atoms with Crippen LogP contribution in [-0.2, 0) is 0 Å². The van der Waals surface area contributed by atoms with E-state index in [2.05, 4.69) is 17.1 Å². The molecule has 6 heteroatoms. The van der Waals surface area contributed by atoms with Crippen molar-refractivity contribution in [2.24, 2.45) is 5.41 Å². The van der Waals surface area contributed by atoms with Gasteiger partial charge in [0.15, 0.2) is 0 Å². The van der Waals surface area contributed by atoms with Crippen LogP contribution in [0.4, 0.5) is 0 Å². The Balaban J connectivity index is 1.81. The molecule has 2 N–H and O–H groups in total. The number of H-pyrrole nitrogens is 1. The summed E-state index contributed by atoms with van der Waals surface area (Å²) in [5.41, 5.74) is 1.92. The van der Waals surface area contributed by atoms with Gasteiger partial charge >= 0.3 is 0 Å². The van der Waals surface area contributed by atoms with Gasteiger partial charge in [0, 0.05) is 30.3 Å². The third kappa shape index (κ3) is 3.06. The van der Waals surface area contributed by atoms with Crippen LogP contribution in [0.5, 0.6) is 0 Å². The number of carbonyl (C=O) groups is 1. The second-order valence-electron chi connectivity index (χ2n) is 6.44. The van der Waals surface area contributed by atoms with Crippen molar-refractivity contribution in [1.29, 1.82) is 0 Å². The van der Waals surface area contributed by atoms with Gasteiger partial charge in [-0.05, 0) is 30.7 Å². The standard InChI is InChI=1S/C18H22ClN3O2/c1-2-18(12-23)7-9-22(10-8-18)17(24)14-11-20-21-16(14)13-5-3-4-6-15(13)19/h3-6,11,23H,2,7-10,12H2,1H3,(H,20,21). The van der Waals surface area contributed by atoms with Crippen LogP contribution in [0.15, 0.2) is 30.5 Å². The van der Waals surface area contributed by atoms with Crippen LogP contribution >= 0.6 is 11.6 Å². The molecule has 1 aliphatic heterocycles. The summed E-state index contributed by atoms with van der Waals surface area (Å²) in [6.07, 6.45) is 4.15. The number of amides is 1. The minimum absolute atomic E-state index is 0.0405. The molecule has 2 aromatic rings. The van der Waals surface area contributed by atoms with E-state index in [4.69, 9.17) is 11.6 Å². The lowest BCUT2D eigenvalue weighted by molar-refractivity contribution is 0.0338. The highest BCUT2D eigenvalue weighted by Crippen LogP contribution is 2.35. The average Bonchev–Trinajstić information content (AvgIpc) is 3.11. The van der Waals surface area contributed by atoms with Gasteiger partial charge in [0.25, 0.3) is 5.91 Å². The molecule has 0 bridgehead atoms. The highest BCUT2D eigenvalue weighted by molar-refractivity contribution is 6.33. The fourth-order valence-electron chi connectivity index (χ4n) is 3.30. The van der Waals surface area contributed by atoms with Crippen molar-refractivity contribution in [3.05, 3.63) is 41.0 Å². The maximum absolute atomic E-state index is 12.9. The Bertz CT molecular complexity index is 715. The molecular weight excluding hydrogens is 326 g/mol. The predicted octanol–water partition coefficient (Wildman–Crippen LogP) is 3.35. The largest absolute Gasteiger partial charge is 0.396 e. The molecule has 0 radical (unpaired) electrons. The minimum Gasteiger partial charge on any atom is -0.396 e. The van der Waals surface area contributed by atoms with Crippen molar-refractivity contribution in [2.75, 3.05) is 19.7 Å². The van der Waals surface area contributed by atoms with Gasteiger partial charge in [-0.25, -0.2) is 0 Å². The number of nitrogens with zero attached hydrogens (tertiary/aromatic N) is 2. The molecule has 0 atom stereocenters. The van der Waals surface area contributed by atoms with Crippen LogP contribution in [0.2, 0.25) is 5.02 Å². The summed E-state index contributed by atoms with van der Waals surface area (Å²) in [5, 5.41) is 17.2. The van der Waals surface area contributed by atoms with E-state index in [0.29, 0.717) is 29.4 Å². The lowest BCUT2D eigenvalue weighted by atomic mass is 9.77. The lowest BCUT2D eigenvalue weighted by Crippen LogP contribution is -2.44. The zero-order valence-corrected chi connectivity index (χ0v) is 14.5. The Labute approximate surface area is 146 Å². The highest BCUT2D eigenvalue weighted by atomic mass is 35.5. The first kappa shape index (κ1) is 17.0. The zero-order chi connectivity index (χ0) is 17.2. The number of aliphatic hydroxyl groups excluding tert-OH is 1. The summed E-state index contributed by atoms with van der Waals surface area (Å²) in [5.74, 6) is -0.0405. The van der Waals surface area contributed by atoms with E-state index < -0.39 is 0 Å². The summed E-state index contributed by atoms with van der Waals surface area (Å²) < 4.78 is 0. The molecule has 0 aliphatic carbocycles. The molecule has 1 aliphatic rings. The van der Waals surface area contributed by atoms with Crippen LogP contribution in [0.3, 0.4) is 0 Å². The molecule has 24 heavy (non-hydrogen) atoms. The number of aromatic amines is 1. The number of nitrogens with one attached hydrogen (secondary N) is 1. The highest BCUT2D eigenvalue weighted by Gasteiger charge is 2.35. The molecule has 0 unspecified atom stereocenters. The first-order valence-corrected chi connectivity index (χ1v) is 8.66. The summed E-state index contributed by atoms with van der Waals surface area (Å²) in [6, 6.07) is 7.40. The molecular formula is C18H22ClN3O2. The number of hydrogen-bond donors (Lipinski definition) is 2. The Hall–Kier alpha value is -1.85.